The Labute approximate surface area is 112 Å². The van der Waals surface area contributed by atoms with Crippen molar-refractivity contribution < 1.29 is 14.3 Å². The second-order valence-corrected chi connectivity index (χ2v) is 4.64. The summed E-state index contributed by atoms with van der Waals surface area (Å²) in [7, 11) is 0. The smallest absolute Gasteiger partial charge is 0.209 e. The molecule has 0 amide bonds. The molecule has 1 saturated heterocycles. The van der Waals surface area contributed by atoms with Gasteiger partial charge in [0.15, 0.2) is 6.29 Å². The molecule has 0 saturated carbocycles. The van der Waals surface area contributed by atoms with Gasteiger partial charge in [0.1, 0.15) is 0 Å². The van der Waals surface area contributed by atoms with Crippen molar-refractivity contribution in [1.82, 2.24) is 0 Å². The molecule has 1 heterocycles. The Morgan fingerprint density at radius 1 is 1.05 bits per heavy atom. The average Bonchev–Trinajstić information content (AvgIpc) is 2.49. The maximum atomic E-state index is 11.0. The van der Waals surface area contributed by atoms with Crippen LogP contribution in [-0.2, 0) is 14.3 Å². The maximum absolute atomic E-state index is 11.0. The zero-order valence-corrected chi connectivity index (χ0v) is 10.5. The first-order chi connectivity index (χ1) is 9.33. The number of allylic oxidation sites excluding steroid dienone is 1. The molecular weight excluding hydrogens is 240 g/mol. The number of ether oxygens (including phenoxy) is 2. The summed E-state index contributed by atoms with van der Waals surface area (Å²) in [5.41, 5.74) is 1.99. The fourth-order valence-electron chi connectivity index (χ4n) is 2.20. The molecule has 3 heteroatoms. The third-order valence-corrected chi connectivity index (χ3v) is 3.28. The van der Waals surface area contributed by atoms with Crippen molar-refractivity contribution in [3.8, 4) is 11.8 Å². The molecule has 19 heavy (non-hydrogen) atoms. The second kappa shape index (κ2) is 5.40. The van der Waals surface area contributed by atoms with Crippen LogP contribution in [0.25, 0.3) is 0 Å². The molecule has 0 atom stereocenters. The van der Waals surface area contributed by atoms with Gasteiger partial charge >= 0.3 is 0 Å². The van der Waals surface area contributed by atoms with Crippen molar-refractivity contribution in [2.75, 3.05) is 13.2 Å². The topological polar surface area (TPSA) is 35.5 Å². The lowest BCUT2D eigenvalue weighted by molar-refractivity contribution is -0.163. The fourth-order valence-corrected chi connectivity index (χ4v) is 2.20. The lowest BCUT2D eigenvalue weighted by Gasteiger charge is -2.30. The van der Waals surface area contributed by atoms with E-state index in [-0.39, 0.29) is 11.7 Å². The number of hydrogen-bond acceptors (Lipinski definition) is 3. The van der Waals surface area contributed by atoms with Crippen LogP contribution >= 0.6 is 0 Å². The Hall–Kier alpha value is -1.89. The number of benzene rings is 1. The maximum Gasteiger partial charge on any atom is 0.209 e. The van der Waals surface area contributed by atoms with E-state index in [9.17, 15) is 4.79 Å². The van der Waals surface area contributed by atoms with Gasteiger partial charge in [-0.05, 0) is 11.5 Å². The van der Waals surface area contributed by atoms with Crippen molar-refractivity contribution in [2.24, 2.45) is 0 Å². The molecule has 0 N–H and O–H groups in total. The molecule has 1 fully saturated rings. The first kappa shape index (κ1) is 12.2. The minimum atomic E-state index is -0.416. The van der Waals surface area contributed by atoms with Crippen LogP contribution in [0.2, 0.25) is 0 Å². The van der Waals surface area contributed by atoms with Gasteiger partial charge in [0.05, 0.1) is 18.8 Å². The van der Waals surface area contributed by atoms with E-state index in [1.54, 1.807) is 6.08 Å². The Bertz CT molecular complexity index is 555. The van der Waals surface area contributed by atoms with E-state index in [2.05, 4.69) is 24.0 Å². The predicted octanol–water partition coefficient (Wildman–Crippen LogP) is 2.05. The van der Waals surface area contributed by atoms with Gasteiger partial charge in [-0.15, -0.1) is 0 Å². The van der Waals surface area contributed by atoms with Crippen molar-refractivity contribution >= 4 is 5.78 Å². The van der Waals surface area contributed by atoms with Gasteiger partial charge in [-0.25, -0.2) is 0 Å². The molecule has 0 bridgehead atoms. The van der Waals surface area contributed by atoms with Gasteiger partial charge < -0.3 is 9.47 Å². The Balaban J connectivity index is 1.63. The zero-order chi connectivity index (χ0) is 13.1. The monoisotopic (exact) mass is 254 g/mol. The van der Waals surface area contributed by atoms with E-state index >= 15 is 0 Å². The van der Waals surface area contributed by atoms with E-state index in [0.29, 0.717) is 19.6 Å². The van der Waals surface area contributed by atoms with Crippen molar-refractivity contribution in [3.05, 3.63) is 47.5 Å². The second-order valence-electron chi connectivity index (χ2n) is 4.64. The third-order valence-electron chi connectivity index (χ3n) is 3.28. The molecule has 3 nitrogen and oxygen atoms in total. The van der Waals surface area contributed by atoms with Crippen molar-refractivity contribution in [3.63, 3.8) is 0 Å². The highest BCUT2D eigenvalue weighted by molar-refractivity contribution is 5.98. The van der Waals surface area contributed by atoms with Gasteiger partial charge in [0.25, 0.3) is 0 Å². The third kappa shape index (κ3) is 2.76. The largest absolute Gasteiger partial charge is 0.347 e. The number of Topliss-reactive ketones (excluding diaryl/α,β-unsaturated/α-hetero) is 1. The van der Waals surface area contributed by atoms with Crippen LogP contribution in [-0.4, -0.2) is 25.3 Å². The first-order valence-corrected chi connectivity index (χ1v) is 6.36. The summed E-state index contributed by atoms with van der Waals surface area (Å²) in [6.45, 7) is 1.23. The van der Waals surface area contributed by atoms with Crippen molar-refractivity contribution in [2.45, 2.75) is 18.6 Å². The molecule has 1 aromatic rings. The fraction of sp³-hybridized carbons (Fsp3) is 0.312. The number of hydrogen-bond donors (Lipinski definition) is 0. The summed E-state index contributed by atoms with van der Waals surface area (Å²) in [6, 6.07) is 10.2. The molecule has 1 aromatic carbocycles. The molecular formula is C16H14O3. The van der Waals surface area contributed by atoms with E-state index in [4.69, 9.17) is 9.47 Å². The van der Waals surface area contributed by atoms with Gasteiger partial charge in [-0.1, -0.05) is 42.3 Å². The minimum absolute atomic E-state index is 0.0540. The number of carbonyl (C=O) groups excluding carboxylic acids is 1. The molecule has 0 unspecified atom stereocenters. The molecule has 1 aliphatic carbocycles. The zero-order valence-electron chi connectivity index (χ0n) is 10.5. The minimum Gasteiger partial charge on any atom is -0.347 e. The van der Waals surface area contributed by atoms with Crippen LogP contribution in [0.4, 0.5) is 0 Å². The van der Waals surface area contributed by atoms with E-state index in [1.807, 2.05) is 18.2 Å². The highest BCUT2D eigenvalue weighted by Crippen LogP contribution is 2.25. The summed E-state index contributed by atoms with van der Waals surface area (Å²) < 4.78 is 11.4. The highest BCUT2D eigenvalue weighted by atomic mass is 16.7. The van der Waals surface area contributed by atoms with Gasteiger partial charge in [-0.2, -0.15) is 0 Å². The molecule has 1 aliphatic heterocycles. The van der Waals surface area contributed by atoms with E-state index in [0.717, 1.165) is 5.57 Å². The van der Waals surface area contributed by atoms with Crippen molar-refractivity contribution in [1.29, 1.82) is 0 Å². The summed E-state index contributed by atoms with van der Waals surface area (Å²) in [5.74, 6) is 5.57. The standard InChI is InChI=1S/C16H14O3/c17-15-8-6-13(7-9-15)16-18-10-14(11-19-16)12-4-2-1-3-5-12/h1-6,14,16H,8,10-11H2. The molecule has 2 aliphatic rings. The van der Waals surface area contributed by atoms with Crippen LogP contribution in [0.1, 0.15) is 17.9 Å². The Morgan fingerprint density at radius 2 is 1.79 bits per heavy atom. The summed E-state index contributed by atoms with van der Waals surface area (Å²) in [4.78, 5) is 11.0. The van der Waals surface area contributed by atoms with Crippen LogP contribution in [0.3, 0.4) is 0 Å². The van der Waals surface area contributed by atoms with Crippen LogP contribution in [0, 0.1) is 11.8 Å². The summed E-state index contributed by atoms with van der Waals surface area (Å²) in [6.07, 6.45) is 1.74. The van der Waals surface area contributed by atoms with Gasteiger partial charge in [0.2, 0.25) is 5.78 Å². The Kier molecular flexibility index (Phi) is 3.45. The number of carbonyl (C=O) groups is 1. The summed E-state index contributed by atoms with van der Waals surface area (Å²) in [5, 5.41) is 0. The highest BCUT2D eigenvalue weighted by Gasteiger charge is 2.26. The number of rotatable bonds is 2. The lowest BCUT2D eigenvalue weighted by Crippen LogP contribution is -2.32. The number of ketones is 1. The molecule has 96 valence electrons. The van der Waals surface area contributed by atoms with Crippen LogP contribution in [0.5, 0.6) is 0 Å². The summed E-state index contributed by atoms with van der Waals surface area (Å²) >= 11 is 0. The SMILES string of the molecule is O=C1C#CC(C2OCC(c3ccccc3)CO2)=CC1. The van der Waals surface area contributed by atoms with E-state index < -0.39 is 6.29 Å². The molecule has 0 radical (unpaired) electrons. The molecule has 0 spiro atoms. The molecule has 0 aromatic heterocycles. The predicted molar refractivity (Wildman–Crippen MR) is 70.4 cm³/mol. The Morgan fingerprint density at radius 3 is 2.42 bits per heavy atom. The normalized spacial score (nSPS) is 26.3. The average molecular weight is 254 g/mol. The van der Waals surface area contributed by atoms with Gasteiger partial charge in [0, 0.05) is 12.3 Å². The van der Waals surface area contributed by atoms with Crippen LogP contribution in [0.15, 0.2) is 42.0 Å². The van der Waals surface area contributed by atoms with Gasteiger partial charge in [-0.3, -0.25) is 4.79 Å². The quantitative estimate of drug-likeness (QED) is 0.598. The molecule has 3 rings (SSSR count). The van der Waals surface area contributed by atoms with E-state index in [1.165, 1.54) is 5.56 Å². The van der Waals surface area contributed by atoms with Crippen LogP contribution < -0.4 is 0 Å². The first-order valence-electron chi connectivity index (χ1n) is 6.36. The lowest BCUT2D eigenvalue weighted by atomic mass is 10.00.